The average Bonchev–Trinajstić information content (AvgIpc) is 2.70. The lowest BCUT2D eigenvalue weighted by Crippen LogP contribution is -2.12. The largest absolute Gasteiger partial charge is 0.508 e. The van der Waals surface area contributed by atoms with Crippen molar-refractivity contribution in [3.8, 4) is 5.75 Å². The van der Waals surface area contributed by atoms with Gasteiger partial charge in [0, 0.05) is 0 Å². The van der Waals surface area contributed by atoms with E-state index in [0.29, 0.717) is 17.0 Å². The first-order chi connectivity index (χ1) is 9.09. The summed E-state index contributed by atoms with van der Waals surface area (Å²) in [5.41, 5.74) is 2.01. The Morgan fingerprint density at radius 3 is 2.16 bits per heavy atom. The van der Waals surface area contributed by atoms with Gasteiger partial charge in [-0.25, -0.2) is 0 Å². The Kier molecular flexibility index (Phi) is 3.61. The zero-order valence-electron chi connectivity index (χ0n) is 10.4. The molecule has 0 radical (unpaired) electrons. The molecular weight excluding hydrogens is 242 g/mol. The van der Waals surface area contributed by atoms with E-state index in [9.17, 15) is 9.59 Å². The van der Waals surface area contributed by atoms with E-state index in [1.54, 1.807) is 30.3 Å². The third-order valence-electron chi connectivity index (χ3n) is 2.74. The molecule has 1 aliphatic rings. The fraction of sp³-hybridized carbons (Fsp3) is 0.0667. The van der Waals surface area contributed by atoms with Crippen LogP contribution in [-0.4, -0.2) is 16.8 Å². The SMILES string of the molecule is Cc1ccccc1O.O=C1Nc2ccccc2C1=O. The first-order valence-corrected chi connectivity index (χ1v) is 5.79. The molecule has 0 bridgehead atoms. The van der Waals surface area contributed by atoms with Gasteiger partial charge in [0.15, 0.2) is 0 Å². The van der Waals surface area contributed by atoms with Crippen molar-refractivity contribution in [2.24, 2.45) is 0 Å². The van der Waals surface area contributed by atoms with Crippen molar-refractivity contribution < 1.29 is 14.7 Å². The predicted octanol–water partition coefficient (Wildman–Crippen LogP) is 2.52. The first kappa shape index (κ1) is 12.8. The summed E-state index contributed by atoms with van der Waals surface area (Å²) in [6.45, 7) is 1.87. The second kappa shape index (κ2) is 5.35. The molecule has 2 aromatic carbocycles. The summed E-state index contributed by atoms with van der Waals surface area (Å²) in [5.74, 6) is -0.612. The summed E-state index contributed by atoms with van der Waals surface area (Å²) in [6.07, 6.45) is 0. The highest BCUT2D eigenvalue weighted by Gasteiger charge is 2.26. The fourth-order valence-corrected chi connectivity index (χ4v) is 1.65. The van der Waals surface area contributed by atoms with E-state index in [2.05, 4.69) is 5.32 Å². The summed E-state index contributed by atoms with van der Waals surface area (Å²) < 4.78 is 0. The Labute approximate surface area is 110 Å². The second-order valence-electron chi connectivity index (χ2n) is 4.12. The molecule has 0 aromatic heterocycles. The van der Waals surface area contributed by atoms with Crippen molar-refractivity contribution in [1.82, 2.24) is 0 Å². The number of para-hydroxylation sites is 2. The Morgan fingerprint density at radius 2 is 1.58 bits per heavy atom. The van der Waals surface area contributed by atoms with E-state index in [1.165, 1.54) is 0 Å². The average molecular weight is 255 g/mol. The summed E-state index contributed by atoms with van der Waals surface area (Å²) in [7, 11) is 0. The van der Waals surface area contributed by atoms with E-state index in [1.807, 2.05) is 25.1 Å². The Bertz CT molecular complexity index is 614. The number of rotatable bonds is 0. The van der Waals surface area contributed by atoms with Crippen LogP contribution in [0.15, 0.2) is 48.5 Å². The minimum absolute atomic E-state index is 0.368. The minimum atomic E-state index is -0.536. The molecule has 19 heavy (non-hydrogen) atoms. The van der Waals surface area contributed by atoms with Crippen molar-refractivity contribution in [2.75, 3.05) is 5.32 Å². The van der Waals surface area contributed by atoms with E-state index < -0.39 is 11.7 Å². The molecule has 1 heterocycles. The number of phenols is 1. The van der Waals surface area contributed by atoms with Gasteiger partial charge in [-0.3, -0.25) is 9.59 Å². The molecule has 0 spiro atoms. The molecule has 4 heteroatoms. The molecule has 1 amide bonds. The highest BCUT2D eigenvalue weighted by molar-refractivity contribution is 6.51. The highest BCUT2D eigenvalue weighted by Crippen LogP contribution is 2.21. The van der Waals surface area contributed by atoms with Gasteiger partial charge in [0.1, 0.15) is 5.75 Å². The van der Waals surface area contributed by atoms with Crippen LogP contribution in [0.3, 0.4) is 0 Å². The quantitative estimate of drug-likeness (QED) is 0.711. The number of carbonyl (C=O) groups excluding carboxylic acids is 2. The zero-order valence-corrected chi connectivity index (χ0v) is 10.4. The number of fused-ring (bicyclic) bond motifs is 1. The molecule has 0 saturated carbocycles. The maximum absolute atomic E-state index is 11.0. The number of anilines is 1. The number of ketones is 1. The third-order valence-corrected chi connectivity index (χ3v) is 2.74. The molecule has 2 N–H and O–H groups in total. The summed E-state index contributed by atoms with van der Waals surface area (Å²) in [4.78, 5) is 21.8. The molecular formula is C15H13NO3. The van der Waals surface area contributed by atoms with Crippen LogP contribution in [-0.2, 0) is 4.79 Å². The number of benzene rings is 2. The van der Waals surface area contributed by atoms with Crippen molar-refractivity contribution in [1.29, 1.82) is 0 Å². The van der Waals surface area contributed by atoms with Crippen molar-refractivity contribution in [2.45, 2.75) is 6.92 Å². The molecule has 0 unspecified atom stereocenters. The van der Waals surface area contributed by atoms with E-state index in [-0.39, 0.29) is 0 Å². The van der Waals surface area contributed by atoms with Crippen LogP contribution in [0.4, 0.5) is 5.69 Å². The van der Waals surface area contributed by atoms with Crippen LogP contribution in [0.25, 0.3) is 0 Å². The monoisotopic (exact) mass is 255 g/mol. The van der Waals surface area contributed by atoms with Gasteiger partial charge < -0.3 is 10.4 Å². The number of hydrogen-bond acceptors (Lipinski definition) is 3. The first-order valence-electron chi connectivity index (χ1n) is 5.79. The standard InChI is InChI=1S/C8H5NO2.C7H8O/c10-7-5-3-1-2-4-6(5)9-8(7)11;1-6-4-2-3-5-7(6)8/h1-4H,(H,9,10,11);2-5,8H,1H3. The predicted molar refractivity (Wildman–Crippen MR) is 72.2 cm³/mol. The summed E-state index contributed by atoms with van der Waals surface area (Å²) in [5, 5.41) is 11.4. The van der Waals surface area contributed by atoms with Gasteiger partial charge in [-0.2, -0.15) is 0 Å². The number of carbonyl (C=O) groups is 2. The topological polar surface area (TPSA) is 66.4 Å². The van der Waals surface area contributed by atoms with Gasteiger partial charge in [-0.05, 0) is 30.7 Å². The van der Waals surface area contributed by atoms with Crippen LogP contribution < -0.4 is 5.32 Å². The van der Waals surface area contributed by atoms with Crippen LogP contribution in [0.5, 0.6) is 5.75 Å². The van der Waals surface area contributed by atoms with Crippen LogP contribution in [0, 0.1) is 6.92 Å². The van der Waals surface area contributed by atoms with E-state index >= 15 is 0 Å². The third kappa shape index (κ3) is 2.80. The van der Waals surface area contributed by atoms with Crippen molar-refractivity contribution >= 4 is 17.4 Å². The molecule has 0 fully saturated rings. The molecule has 96 valence electrons. The van der Waals surface area contributed by atoms with Gasteiger partial charge in [0.05, 0.1) is 11.3 Å². The van der Waals surface area contributed by atoms with Gasteiger partial charge in [-0.1, -0.05) is 30.3 Å². The zero-order chi connectivity index (χ0) is 13.8. The van der Waals surface area contributed by atoms with E-state index in [0.717, 1.165) is 5.56 Å². The number of Topliss-reactive ketones (excluding diaryl/α,β-unsaturated/α-hetero) is 1. The minimum Gasteiger partial charge on any atom is -0.508 e. The number of aromatic hydroxyl groups is 1. The number of aryl methyl sites for hydroxylation is 1. The number of nitrogens with one attached hydrogen (secondary N) is 1. The Hall–Kier alpha value is -2.62. The molecule has 1 aliphatic heterocycles. The Balaban J connectivity index is 0.000000148. The van der Waals surface area contributed by atoms with Crippen molar-refractivity contribution in [3.05, 3.63) is 59.7 Å². The smallest absolute Gasteiger partial charge is 0.296 e. The van der Waals surface area contributed by atoms with Gasteiger partial charge in [-0.15, -0.1) is 0 Å². The number of phenolic OH excluding ortho intramolecular Hbond substituents is 1. The molecule has 3 rings (SSSR count). The lowest BCUT2D eigenvalue weighted by Gasteiger charge is -1.92. The fourth-order valence-electron chi connectivity index (χ4n) is 1.65. The highest BCUT2D eigenvalue weighted by atomic mass is 16.3. The molecule has 4 nitrogen and oxygen atoms in total. The summed E-state index contributed by atoms with van der Waals surface area (Å²) >= 11 is 0. The maximum atomic E-state index is 11.0. The Morgan fingerprint density at radius 1 is 0.947 bits per heavy atom. The lowest BCUT2D eigenvalue weighted by atomic mass is 10.1. The van der Waals surface area contributed by atoms with Gasteiger partial charge in [0.25, 0.3) is 11.7 Å². The maximum Gasteiger partial charge on any atom is 0.296 e. The molecule has 2 aromatic rings. The molecule has 0 atom stereocenters. The second-order valence-corrected chi connectivity index (χ2v) is 4.12. The normalized spacial score (nSPS) is 12.3. The molecule has 0 saturated heterocycles. The lowest BCUT2D eigenvalue weighted by molar-refractivity contribution is -0.112. The van der Waals surface area contributed by atoms with Crippen LogP contribution in [0.1, 0.15) is 15.9 Å². The number of amides is 1. The van der Waals surface area contributed by atoms with Crippen LogP contribution >= 0.6 is 0 Å². The van der Waals surface area contributed by atoms with Gasteiger partial charge in [0.2, 0.25) is 0 Å². The van der Waals surface area contributed by atoms with Crippen LogP contribution in [0.2, 0.25) is 0 Å². The summed E-state index contributed by atoms with van der Waals surface area (Å²) in [6, 6.07) is 14.1. The van der Waals surface area contributed by atoms with Crippen molar-refractivity contribution in [3.63, 3.8) is 0 Å². The van der Waals surface area contributed by atoms with E-state index in [4.69, 9.17) is 5.11 Å². The number of hydrogen-bond donors (Lipinski definition) is 2. The van der Waals surface area contributed by atoms with Gasteiger partial charge >= 0.3 is 0 Å². The molecule has 0 aliphatic carbocycles.